The first-order valence-electron chi connectivity index (χ1n) is 6.51. The maximum absolute atomic E-state index is 6.07. The van der Waals surface area contributed by atoms with Crippen LogP contribution < -0.4 is 5.32 Å². The van der Waals surface area contributed by atoms with Gasteiger partial charge in [-0.3, -0.25) is 0 Å². The van der Waals surface area contributed by atoms with Crippen LogP contribution in [0.4, 0.5) is 0 Å². The van der Waals surface area contributed by atoms with Gasteiger partial charge in [-0.05, 0) is 48.6 Å². The topological polar surface area (TPSA) is 12.0 Å². The summed E-state index contributed by atoms with van der Waals surface area (Å²) in [6.45, 7) is 9.86. The normalized spacial score (nSPS) is 13.7. The van der Waals surface area contributed by atoms with Crippen LogP contribution in [0.25, 0.3) is 0 Å². The van der Waals surface area contributed by atoms with Gasteiger partial charge in [0.15, 0.2) is 0 Å². The third kappa shape index (κ3) is 5.60. The minimum absolute atomic E-state index is 0.324. The maximum atomic E-state index is 6.07. The molecule has 0 aliphatic heterocycles. The molecule has 1 aromatic carbocycles. The number of hydrogen-bond donors (Lipinski definition) is 1. The molecule has 1 rings (SSSR count). The van der Waals surface area contributed by atoms with Crippen LogP contribution in [-0.2, 0) is 0 Å². The van der Waals surface area contributed by atoms with Crippen LogP contribution in [0.5, 0.6) is 0 Å². The fourth-order valence-corrected chi connectivity index (χ4v) is 2.53. The Morgan fingerprint density at radius 1 is 1.11 bits per heavy atom. The molecule has 1 nitrogen and oxygen atoms in total. The minimum atomic E-state index is 0.324. The fraction of sp³-hybridized carbons (Fsp3) is 0.600. The first-order valence-corrected chi connectivity index (χ1v) is 7.27. The van der Waals surface area contributed by atoms with E-state index in [1.165, 1.54) is 5.56 Å². The van der Waals surface area contributed by atoms with Gasteiger partial charge in [-0.1, -0.05) is 50.9 Å². The molecule has 1 N–H and O–H groups in total. The van der Waals surface area contributed by atoms with E-state index in [2.05, 4.69) is 33.0 Å². The molecule has 102 valence electrons. The summed E-state index contributed by atoms with van der Waals surface area (Å²) in [5.41, 5.74) is 1.52. The Balaban J connectivity index is 2.83. The van der Waals surface area contributed by atoms with Crippen molar-refractivity contribution in [3.05, 3.63) is 33.8 Å². The van der Waals surface area contributed by atoms with Crippen molar-refractivity contribution >= 4 is 23.2 Å². The molecule has 0 fully saturated rings. The van der Waals surface area contributed by atoms with Gasteiger partial charge in [-0.2, -0.15) is 0 Å². The molecule has 0 amide bonds. The highest BCUT2D eigenvalue weighted by Crippen LogP contribution is 2.30. The number of hydrogen-bond acceptors (Lipinski definition) is 1. The lowest BCUT2D eigenvalue weighted by Crippen LogP contribution is -2.22. The summed E-state index contributed by atoms with van der Waals surface area (Å²) in [6.07, 6.45) is 2.25. The number of nitrogens with one attached hydrogen (secondary N) is 1. The van der Waals surface area contributed by atoms with Gasteiger partial charge in [0, 0.05) is 16.1 Å². The fourth-order valence-electron chi connectivity index (χ4n) is 1.99. The van der Waals surface area contributed by atoms with Gasteiger partial charge in [0.05, 0.1) is 0 Å². The van der Waals surface area contributed by atoms with Crippen molar-refractivity contribution in [1.29, 1.82) is 0 Å². The van der Waals surface area contributed by atoms with Crippen molar-refractivity contribution < 1.29 is 0 Å². The first-order chi connectivity index (χ1) is 8.31. The quantitative estimate of drug-likeness (QED) is 0.757. The van der Waals surface area contributed by atoms with Gasteiger partial charge in [-0.15, -0.1) is 0 Å². The summed E-state index contributed by atoms with van der Waals surface area (Å²) in [4.78, 5) is 0. The van der Waals surface area contributed by atoms with Crippen LogP contribution in [0, 0.1) is 5.41 Å². The average Bonchev–Trinajstić information content (AvgIpc) is 2.21. The molecule has 0 radical (unpaired) electrons. The summed E-state index contributed by atoms with van der Waals surface area (Å²) in [5.74, 6) is 0. The largest absolute Gasteiger partial charge is 0.310 e. The predicted octanol–water partition coefficient (Wildman–Crippen LogP) is 5.47. The van der Waals surface area contributed by atoms with Crippen LogP contribution in [0.1, 0.15) is 52.1 Å². The molecule has 1 atom stereocenters. The Morgan fingerprint density at radius 3 is 2.11 bits per heavy atom. The Kier molecular flexibility index (Phi) is 5.97. The van der Waals surface area contributed by atoms with E-state index in [0.29, 0.717) is 21.5 Å². The highest BCUT2D eigenvalue weighted by molar-refractivity contribution is 6.34. The second kappa shape index (κ2) is 6.79. The Hall–Kier alpha value is -0.240. The molecular formula is C15H23Cl2N. The van der Waals surface area contributed by atoms with E-state index in [-0.39, 0.29) is 0 Å². The smallest absolute Gasteiger partial charge is 0.0424 e. The van der Waals surface area contributed by atoms with Crippen LogP contribution in [0.15, 0.2) is 18.2 Å². The first kappa shape index (κ1) is 15.8. The lowest BCUT2D eigenvalue weighted by atomic mass is 9.87. The second-order valence-corrected chi connectivity index (χ2v) is 6.79. The van der Waals surface area contributed by atoms with E-state index < -0.39 is 0 Å². The monoisotopic (exact) mass is 287 g/mol. The summed E-state index contributed by atoms with van der Waals surface area (Å²) in [6, 6.07) is 6.11. The molecule has 0 bridgehead atoms. The highest BCUT2D eigenvalue weighted by Gasteiger charge is 2.16. The van der Waals surface area contributed by atoms with E-state index >= 15 is 0 Å². The summed E-state index contributed by atoms with van der Waals surface area (Å²) in [5, 5.41) is 4.92. The van der Waals surface area contributed by atoms with E-state index in [0.717, 1.165) is 19.4 Å². The Morgan fingerprint density at radius 2 is 1.67 bits per heavy atom. The summed E-state index contributed by atoms with van der Waals surface area (Å²) < 4.78 is 0. The second-order valence-electron chi connectivity index (χ2n) is 5.91. The van der Waals surface area contributed by atoms with Crippen molar-refractivity contribution in [3.63, 3.8) is 0 Å². The van der Waals surface area contributed by atoms with Crippen molar-refractivity contribution in [2.75, 3.05) is 6.54 Å². The molecule has 0 spiro atoms. The van der Waals surface area contributed by atoms with Gasteiger partial charge in [0.25, 0.3) is 0 Å². The molecule has 0 heterocycles. The molecule has 1 unspecified atom stereocenters. The molecule has 0 saturated heterocycles. The molecule has 0 aromatic heterocycles. The van der Waals surface area contributed by atoms with E-state index in [9.17, 15) is 0 Å². The third-order valence-corrected chi connectivity index (χ3v) is 3.36. The maximum Gasteiger partial charge on any atom is 0.0424 e. The van der Waals surface area contributed by atoms with Crippen molar-refractivity contribution in [1.82, 2.24) is 5.32 Å². The van der Waals surface area contributed by atoms with Crippen LogP contribution in [0.3, 0.4) is 0 Å². The molecule has 18 heavy (non-hydrogen) atoms. The molecule has 0 aliphatic rings. The number of benzene rings is 1. The molecule has 1 aromatic rings. The van der Waals surface area contributed by atoms with Crippen molar-refractivity contribution in [2.45, 2.75) is 46.6 Å². The Bertz CT molecular complexity index is 362. The summed E-state index contributed by atoms with van der Waals surface area (Å²) >= 11 is 12.1. The van der Waals surface area contributed by atoms with E-state index in [1.807, 2.05) is 12.1 Å². The van der Waals surface area contributed by atoms with Gasteiger partial charge in [0.1, 0.15) is 0 Å². The SMILES string of the molecule is CCNC(CCC(C)(C)C)c1cc(Cl)cc(Cl)c1. The zero-order valence-electron chi connectivity index (χ0n) is 11.7. The molecular weight excluding hydrogens is 265 g/mol. The lowest BCUT2D eigenvalue weighted by Gasteiger charge is -2.24. The average molecular weight is 288 g/mol. The van der Waals surface area contributed by atoms with Crippen LogP contribution in [-0.4, -0.2) is 6.54 Å². The zero-order valence-corrected chi connectivity index (χ0v) is 13.2. The van der Waals surface area contributed by atoms with Crippen molar-refractivity contribution in [2.24, 2.45) is 5.41 Å². The van der Waals surface area contributed by atoms with Crippen molar-refractivity contribution in [3.8, 4) is 0 Å². The number of halogens is 2. The lowest BCUT2D eigenvalue weighted by molar-refractivity contribution is 0.334. The third-order valence-electron chi connectivity index (χ3n) is 2.92. The number of rotatable bonds is 5. The van der Waals surface area contributed by atoms with Gasteiger partial charge >= 0.3 is 0 Å². The molecule has 3 heteroatoms. The van der Waals surface area contributed by atoms with Gasteiger partial charge in [0.2, 0.25) is 0 Å². The molecule has 0 aliphatic carbocycles. The predicted molar refractivity (Wildman–Crippen MR) is 81.6 cm³/mol. The highest BCUT2D eigenvalue weighted by atomic mass is 35.5. The summed E-state index contributed by atoms with van der Waals surface area (Å²) in [7, 11) is 0. The van der Waals surface area contributed by atoms with Gasteiger partial charge in [-0.25, -0.2) is 0 Å². The van der Waals surface area contributed by atoms with Crippen LogP contribution in [0.2, 0.25) is 10.0 Å². The molecule has 0 saturated carbocycles. The van der Waals surface area contributed by atoms with Crippen LogP contribution >= 0.6 is 23.2 Å². The van der Waals surface area contributed by atoms with E-state index in [4.69, 9.17) is 23.2 Å². The van der Waals surface area contributed by atoms with Gasteiger partial charge < -0.3 is 5.32 Å². The Labute approximate surface area is 121 Å². The zero-order chi connectivity index (χ0) is 13.8. The standard InChI is InChI=1S/C15H23Cl2N/c1-5-18-14(6-7-15(2,3)4)11-8-12(16)10-13(17)9-11/h8-10,14,18H,5-7H2,1-4H3. The van der Waals surface area contributed by atoms with E-state index in [1.54, 1.807) is 6.07 Å². The minimum Gasteiger partial charge on any atom is -0.310 e.